The molecule has 4 nitrogen and oxygen atoms in total. The van der Waals surface area contributed by atoms with Crippen LogP contribution < -0.4 is 0 Å². The number of ether oxygens (including phenoxy) is 1. The Hall–Kier alpha value is -1.84. The second-order valence-electron chi connectivity index (χ2n) is 9.87. The van der Waals surface area contributed by atoms with Crippen molar-refractivity contribution in [3.8, 4) is 0 Å². The van der Waals surface area contributed by atoms with Crippen molar-refractivity contribution >= 4 is 11.8 Å². The van der Waals surface area contributed by atoms with Crippen molar-refractivity contribution in [1.82, 2.24) is 0 Å². The number of rotatable bonds is 2. The molecule has 0 aromatic carbocycles. The van der Waals surface area contributed by atoms with E-state index in [0.717, 1.165) is 31.2 Å². The zero-order chi connectivity index (χ0) is 19.6. The normalized spacial score (nSPS) is 40.1. The predicted molar refractivity (Wildman–Crippen MR) is 102 cm³/mol. The van der Waals surface area contributed by atoms with Gasteiger partial charge in [0.25, 0.3) is 0 Å². The number of furan rings is 1. The molecule has 0 N–H and O–H groups in total. The van der Waals surface area contributed by atoms with E-state index in [1.807, 2.05) is 12.1 Å². The molecule has 0 radical (unpaired) electrons. The Balaban J connectivity index is 1.83. The smallest absolute Gasteiger partial charge is 0.302 e. The standard InChI is InChI=1S/C23H30O4/c1-14(24)27-19-7-9-21(2,3)17-6-10-22(4)18(23(17,19)5)12-16(25)20(22)15-8-11-26-13-15/h8,11-13,17,19-20H,6-7,9-10H2,1-5H3/t17?,19-,20?,22+,23+/m0/s1. The minimum absolute atomic E-state index is 0.153. The summed E-state index contributed by atoms with van der Waals surface area (Å²) in [7, 11) is 0. The molecule has 2 saturated carbocycles. The molecule has 0 spiro atoms. The van der Waals surface area contributed by atoms with Crippen LogP contribution in [0.15, 0.2) is 34.7 Å². The SMILES string of the molecule is CC(=O)O[C@H]1CCC(C)(C)C2CC[C@]3(C)C(=CC(=O)C3c3ccoc3)[C@@]21C. The second-order valence-corrected chi connectivity index (χ2v) is 9.87. The van der Waals surface area contributed by atoms with Crippen molar-refractivity contribution < 1.29 is 18.7 Å². The highest BCUT2D eigenvalue weighted by Gasteiger charge is 2.64. The van der Waals surface area contributed by atoms with E-state index < -0.39 is 0 Å². The van der Waals surface area contributed by atoms with Gasteiger partial charge < -0.3 is 9.15 Å². The number of esters is 1. The van der Waals surface area contributed by atoms with Crippen LogP contribution in [0.4, 0.5) is 0 Å². The molecule has 2 unspecified atom stereocenters. The fourth-order valence-corrected chi connectivity index (χ4v) is 6.77. The molecule has 1 aromatic rings. The fourth-order valence-electron chi connectivity index (χ4n) is 6.77. The van der Waals surface area contributed by atoms with Crippen LogP contribution in [-0.2, 0) is 14.3 Å². The summed E-state index contributed by atoms with van der Waals surface area (Å²) in [5.41, 5.74) is 1.73. The largest absolute Gasteiger partial charge is 0.472 e. The van der Waals surface area contributed by atoms with Gasteiger partial charge in [0.2, 0.25) is 0 Å². The average molecular weight is 370 g/mol. The molecule has 0 amide bonds. The monoisotopic (exact) mass is 370 g/mol. The maximum Gasteiger partial charge on any atom is 0.302 e. The van der Waals surface area contributed by atoms with Gasteiger partial charge in [0.15, 0.2) is 5.78 Å². The Labute approximate surface area is 161 Å². The minimum atomic E-state index is -0.311. The number of fused-ring (bicyclic) bond motifs is 3. The predicted octanol–water partition coefficient (Wildman–Crippen LogP) is 5.05. The lowest BCUT2D eigenvalue weighted by molar-refractivity contribution is -0.170. The topological polar surface area (TPSA) is 56.5 Å². The molecule has 146 valence electrons. The van der Waals surface area contributed by atoms with Gasteiger partial charge in [-0.05, 0) is 54.7 Å². The van der Waals surface area contributed by atoms with Gasteiger partial charge >= 0.3 is 5.97 Å². The molecule has 3 aliphatic carbocycles. The van der Waals surface area contributed by atoms with Crippen molar-refractivity contribution in [2.45, 2.75) is 72.3 Å². The summed E-state index contributed by atoms with van der Waals surface area (Å²) in [6.07, 6.45) is 8.94. The van der Waals surface area contributed by atoms with Gasteiger partial charge in [-0.1, -0.05) is 27.7 Å². The van der Waals surface area contributed by atoms with Crippen LogP contribution in [-0.4, -0.2) is 17.9 Å². The first-order chi connectivity index (χ1) is 12.6. The summed E-state index contributed by atoms with van der Waals surface area (Å²) < 4.78 is 11.2. The third kappa shape index (κ3) is 2.48. The third-order valence-corrected chi connectivity index (χ3v) is 7.93. The van der Waals surface area contributed by atoms with Gasteiger partial charge in [-0.25, -0.2) is 0 Å². The van der Waals surface area contributed by atoms with Gasteiger partial charge in [0.1, 0.15) is 6.10 Å². The molecule has 27 heavy (non-hydrogen) atoms. The fraction of sp³-hybridized carbons (Fsp3) is 0.652. The van der Waals surface area contributed by atoms with Crippen molar-refractivity contribution in [2.24, 2.45) is 22.2 Å². The van der Waals surface area contributed by atoms with Crippen molar-refractivity contribution in [1.29, 1.82) is 0 Å². The number of hydrogen-bond donors (Lipinski definition) is 0. The molecule has 0 saturated heterocycles. The molecule has 1 aromatic heterocycles. The van der Waals surface area contributed by atoms with Crippen LogP contribution in [0.25, 0.3) is 0 Å². The van der Waals surface area contributed by atoms with Crippen molar-refractivity contribution in [3.05, 3.63) is 35.8 Å². The van der Waals surface area contributed by atoms with E-state index in [1.165, 1.54) is 12.5 Å². The first-order valence-corrected chi connectivity index (χ1v) is 10.1. The molecule has 2 fully saturated rings. The van der Waals surface area contributed by atoms with Crippen LogP contribution in [0.3, 0.4) is 0 Å². The summed E-state index contributed by atoms with van der Waals surface area (Å²) in [5, 5.41) is 0. The van der Waals surface area contributed by atoms with Crippen molar-refractivity contribution in [2.75, 3.05) is 0 Å². The Kier molecular flexibility index (Phi) is 4.00. The van der Waals surface area contributed by atoms with E-state index >= 15 is 0 Å². The lowest BCUT2D eigenvalue weighted by Crippen LogP contribution is -2.57. The highest BCUT2D eigenvalue weighted by Crippen LogP contribution is 2.69. The molecule has 1 heterocycles. The van der Waals surface area contributed by atoms with Gasteiger partial charge in [0, 0.05) is 23.3 Å². The zero-order valence-electron chi connectivity index (χ0n) is 17.0. The lowest BCUT2D eigenvalue weighted by atomic mass is 9.44. The highest BCUT2D eigenvalue weighted by molar-refractivity contribution is 6.00. The van der Waals surface area contributed by atoms with Gasteiger partial charge in [0.05, 0.1) is 18.4 Å². The van der Waals surface area contributed by atoms with Gasteiger partial charge in [-0.15, -0.1) is 0 Å². The van der Waals surface area contributed by atoms with E-state index in [-0.39, 0.29) is 40.0 Å². The summed E-state index contributed by atoms with van der Waals surface area (Å²) in [4.78, 5) is 25.0. The molecule has 0 bridgehead atoms. The summed E-state index contributed by atoms with van der Waals surface area (Å²) in [6.45, 7) is 10.6. The number of allylic oxidation sites excluding steroid dienone is 1. The average Bonchev–Trinajstić information content (AvgIpc) is 3.16. The Morgan fingerprint density at radius 3 is 2.56 bits per heavy atom. The molecule has 4 heteroatoms. The highest BCUT2D eigenvalue weighted by atomic mass is 16.5. The Bertz CT molecular complexity index is 802. The van der Waals surface area contributed by atoms with Crippen LogP contribution in [0, 0.1) is 22.2 Å². The number of carbonyl (C=O) groups is 2. The molecular weight excluding hydrogens is 340 g/mol. The van der Waals surface area contributed by atoms with Crippen LogP contribution in [0.1, 0.15) is 71.8 Å². The second kappa shape index (κ2) is 5.83. The van der Waals surface area contributed by atoms with Gasteiger partial charge in [-0.2, -0.15) is 0 Å². The van der Waals surface area contributed by atoms with Crippen molar-refractivity contribution in [3.63, 3.8) is 0 Å². The van der Waals surface area contributed by atoms with E-state index in [0.29, 0.717) is 5.92 Å². The molecule has 3 aliphatic rings. The number of ketones is 1. The van der Waals surface area contributed by atoms with Crippen LogP contribution >= 0.6 is 0 Å². The first-order valence-electron chi connectivity index (χ1n) is 10.1. The van der Waals surface area contributed by atoms with E-state index in [4.69, 9.17) is 9.15 Å². The summed E-state index contributed by atoms with van der Waals surface area (Å²) in [6, 6.07) is 1.91. The quantitative estimate of drug-likeness (QED) is 0.684. The maximum atomic E-state index is 13.1. The zero-order valence-corrected chi connectivity index (χ0v) is 17.0. The van der Waals surface area contributed by atoms with Crippen LogP contribution in [0.5, 0.6) is 0 Å². The Morgan fingerprint density at radius 1 is 1.19 bits per heavy atom. The molecular formula is C23H30O4. The van der Waals surface area contributed by atoms with E-state index in [2.05, 4.69) is 27.7 Å². The summed E-state index contributed by atoms with van der Waals surface area (Å²) in [5.74, 6) is 0.106. The van der Waals surface area contributed by atoms with Crippen LogP contribution in [0.2, 0.25) is 0 Å². The molecule has 0 aliphatic heterocycles. The van der Waals surface area contributed by atoms with Gasteiger partial charge in [-0.3, -0.25) is 9.59 Å². The third-order valence-electron chi connectivity index (χ3n) is 7.93. The lowest BCUT2D eigenvalue weighted by Gasteiger charge is -2.61. The maximum absolute atomic E-state index is 13.1. The molecule has 4 rings (SSSR count). The summed E-state index contributed by atoms with van der Waals surface area (Å²) >= 11 is 0. The molecule has 5 atom stereocenters. The number of carbonyl (C=O) groups excluding carboxylic acids is 2. The Morgan fingerprint density at radius 2 is 1.93 bits per heavy atom. The number of hydrogen-bond acceptors (Lipinski definition) is 4. The minimum Gasteiger partial charge on any atom is -0.472 e. The van der Waals surface area contributed by atoms with E-state index in [1.54, 1.807) is 12.5 Å². The van der Waals surface area contributed by atoms with E-state index in [9.17, 15) is 9.59 Å². The first kappa shape index (κ1) is 18.5.